The van der Waals surface area contributed by atoms with Crippen molar-refractivity contribution in [1.82, 2.24) is 10.2 Å². The maximum atomic E-state index is 3.71. The van der Waals surface area contributed by atoms with Crippen molar-refractivity contribution in [3.05, 3.63) is 0 Å². The maximum absolute atomic E-state index is 3.71. The third kappa shape index (κ3) is 2.78. The van der Waals surface area contributed by atoms with E-state index in [0.717, 1.165) is 18.5 Å². The first-order valence-electron chi connectivity index (χ1n) is 7.12. The van der Waals surface area contributed by atoms with Gasteiger partial charge in [-0.15, -0.1) is 0 Å². The minimum atomic E-state index is 0.352. The van der Waals surface area contributed by atoms with Crippen molar-refractivity contribution in [2.24, 2.45) is 5.92 Å². The minimum Gasteiger partial charge on any atom is -0.309 e. The topological polar surface area (TPSA) is 15.3 Å². The van der Waals surface area contributed by atoms with E-state index in [-0.39, 0.29) is 0 Å². The molecule has 1 aliphatic carbocycles. The molecular formula is C14H28N2. The van der Waals surface area contributed by atoms with Crippen molar-refractivity contribution in [2.75, 3.05) is 19.6 Å². The molecule has 2 unspecified atom stereocenters. The zero-order chi connectivity index (χ0) is 11.6. The van der Waals surface area contributed by atoms with Gasteiger partial charge in [0.15, 0.2) is 0 Å². The van der Waals surface area contributed by atoms with E-state index in [1.165, 1.54) is 45.2 Å². The molecule has 1 aliphatic heterocycles. The molecule has 0 bridgehead atoms. The molecule has 1 heterocycles. The van der Waals surface area contributed by atoms with Gasteiger partial charge in [-0.3, -0.25) is 4.90 Å². The van der Waals surface area contributed by atoms with Gasteiger partial charge in [-0.05, 0) is 39.0 Å². The van der Waals surface area contributed by atoms with Crippen molar-refractivity contribution < 1.29 is 0 Å². The van der Waals surface area contributed by atoms with Crippen molar-refractivity contribution in [3.63, 3.8) is 0 Å². The first kappa shape index (κ1) is 12.4. The number of piperazine rings is 1. The predicted molar refractivity (Wildman–Crippen MR) is 69.7 cm³/mol. The molecule has 2 atom stereocenters. The quantitative estimate of drug-likeness (QED) is 0.793. The number of hydrogen-bond acceptors (Lipinski definition) is 2. The Bertz CT molecular complexity index is 223. The van der Waals surface area contributed by atoms with Crippen LogP contribution in [0.5, 0.6) is 0 Å². The molecule has 0 aromatic carbocycles. The van der Waals surface area contributed by atoms with Crippen LogP contribution in [0.1, 0.15) is 52.9 Å². The molecule has 1 saturated carbocycles. The highest BCUT2D eigenvalue weighted by Gasteiger charge is 2.33. The molecule has 0 amide bonds. The van der Waals surface area contributed by atoms with Crippen molar-refractivity contribution >= 4 is 0 Å². The Morgan fingerprint density at radius 1 is 1.31 bits per heavy atom. The Balaban J connectivity index is 1.90. The summed E-state index contributed by atoms with van der Waals surface area (Å²) in [6, 6.07) is 0.722. The summed E-state index contributed by atoms with van der Waals surface area (Å²) in [4.78, 5) is 2.73. The Morgan fingerprint density at radius 3 is 2.62 bits per heavy atom. The molecule has 1 N–H and O–H groups in total. The van der Waals surface area contributed by atoms with Gasteiger partial charge in [0, 0.05) is 31.2 Å². The van der Waals surface area contributed by atoms with E-state index in [9.17, 15) is 0 Å². The lowest BCUT2D eigenvalue weighted by Crippen LogP contribution is -2.62. The summed E-state index contributed by atoms with van der Waals surface area (Å²) in [5, 5.41) is 3.71. The molecule has 2 aliphatic rings. The van der Waals surface area contributed by atoms with E-state index in [0.29, 0.717) is 5.54 Å². The van der Waals surface area contributed by atoms with Crippen molar-refractivity contribution in [2.45, 2.75) is 64.5 Å². The summed E-state index contributed by atoms with van der Waals surface area (Å²) in [6.07, 6.45) is 7.12. The zero-order valence-electron chi connectivity index (χ0n) is 11.3. The highest BCUT2D eigenvalue weighted by molar-refractivity contribution is 4.93. The van der Waals surface area contributed by atoms with Gasteiger partial charge in [0.25, 0.3) is 0 Å². The average molecular weight is 224 g/mol. The van der Waals surface area contributed by atoms with Gasteiger partial charge < -0.3 is 5.32 Å². The first-order valence-corrected chi connectivity index (χ1v) is 7.12. The number of rotatable bonds is 3. The van der Waals surface area contributed by atoms with Crippen LogP contribution >= 0.6 is 0 Å². The molecule has 2 rings (SSSR count). The van der Waals surface area contributed by atoms with E-state index >= 15 is 0 Å². The summed E-state index contributed by atoms with van der Waals surface area (Å²) >= 11 is 0. The lowest BCUT2D eigenvalue weighted by Gasteiger charge is -2.45. The number of nitrogens with zero attached hydrogens (tertiary/aromatic N) is 1. The second-order valence-corrected chi connectivity index (χ2v) is 6.22. The molecule has 94 valence electrons. The molecule has 2 nitrogen and oxygen atoms in total. The van der Waals surface area contributed by atoms with Crippen LogP contribution in [-0.4, -0.2) is 36.1 Å². The minimum absolute atomic E-state index is 0.352. The van der Waals surface area contributed by atoms with Crippen LogP contribution in [-0.2, 0) is 0 Å². The van der Waals surface area contributed by atoms with Gasteiger partial charge >= 0.3 is 0 Å². The van der Waals surface area contributed by atoms with Gasteiger partial charge in [-0.2, -0.15) is 0 Å². The summed E-state index contributed by atoms with van der Waals surface area (Å²) in [5.41, 5.74) is 0.352. The van der Waals surface area contributed by atoms with E-state index in [1.807, 2.05) is 0 Å². The summed E-state index contributed by atoms with van der Waals surface area (Å²) in [6.45, 7) is 10.8. The van der Waals surface area contributed by atoms with E-state index in [1.54, 1.807) is 0 Å². The second kappa shape index (κ2) is 5.05. The summed E-state index contributed by atoms with van der Waals surface area (Å²) in [5.74, 6) is 0.988. The molecule has 2 heteroatoms. The molecule has 1 saturated heterocycles. The first-order chi connectivity index (χ1) is 7.63. The molecule has 0 spiro atoms. The molecule has 2 fully saturated rings. The normalized spacial score (nSPS) is 38.1. The van der Waals surface area contributed by atoms with Gasteiger partial charge in [0.1, 0.15) is 0 Å². The third-order valence-corrected chi connectivity index (χ3v) is 4.75. The second-order valence-electron chi connectivity index (χ2n) is 6.22. The Hall–Kier alpha value is -0.0800. The number of nitrogens with one attached hydrogen (secondary N) is 1. The van der Waals surface area contributed by atoms with Gasteiger partial charge in [-0.25, -0.2) is 0 Å². The van der Waals surface area contributed by atoms with Crippen LogP contribution in [0.4, 0.5) is 0 Å². The summed E-state index contributed by atoms with van der Waals surface area (Å²) in [7, 11) is 0. The molecule has 0 aromatic heterocycles. The van der Waals surface area contributed by atoms with Crippen molar-refractivity contribution in [1.29, 1.82) is 0 Å². The van der Waals surface area contributed by atoms with Crippen LogP contribution in [0, 0.1) is 5.92 Å². The molecule has 0 aromatic rings. The largest absolute Gasteiger partial charge is 0.309 e. The predicted octanol–water partition coefficient (Wildman–Crippen LogP) is 2.64. The van der Waals surface area contributed by atoms with E-state index in [2.05, 4.69) is 31.0 Å². The Morgan fingerprint density at radius 2 is 2.00 bits per heavy atom. The Labute approximate surface area is 101 Å². The van der Waals surface area contributed by atoms with Crippen LogP contribution in [0.25, 0.3) is 0 Å². The molecular weight excluding hydrogens is 196 g/mol. The van der Waals surface area contributed by atoms with Gasteiger partial charge in [0.05, 0.1) is 0 Å². The standard InChI is InChI=1S/C14H28N2/c1-4-14(3)11-16(12(2)9-15-14)10-13-7-5-6-8-13/h12-13,15H,4-11H2,1-3H3. The number of hydrogen-bond donors (Lipinski definition) is 1. The lowest BCUT2D eigenvalue weighted by atomic mass is 9.92. The maximum Gasteiger partial charge on any atom is 0.0278 e. The molecule has 16 heavy (non-hydrogen) atoms. The lowest BCUT2D eigenvalue weighted by molar-refractivity contribution is 0.0786. The smallest absolute Gasteiger partial charge is 0.0278 e. The van der Waals surface area contributed by atoms with E-state index < -0.39 is 0 Å². The van der Waals surface area contributed by atoms with Crippen LogP contribution < -0.4 is 5.32 Å². The van der Waals surface area contributed by atoms with Crippen LogP contribution in [0.3, 0.4) is 0 Å². The third-order valence-electron chi connectivity index (χ3n) is 4.75. The summed E-state index contributed by atoms with van der Waals surface area (Å²) < 4.78 is 0. The Kier molecular flexibility index (Phi) is 3.91. The van der Waals surface area contributed by atoms with Crippen LogP contribution in [0.15, 0.2) is 0 Å². The SMILES string of the molecule is CCC1(C)CN(CC2CCCC2)C(C)CN1. The fourth-order valence-electron chi connectivity index (χ4n) is 3.19. The monoisotopic (exact) mass is 224 g/mol. The molecule has 0 radical (unpaired) electrons. The van der Waals surface area contributed by atoms with Gasteiger partial charge in [0.2, 0.25) is 0 Å². The fourth-order valence-corrected chi connectivity index (χ4v) is 3.19. The highest BCUT2D eigenvalue weighted by atomic mass is 15.2. The van der Waals surface area contributed by atoms with Gasteiger partial charge in [-0.1, -0.05) is 19.8 Å². The fraction of sp³-hybridized carbons (Fsp3) is 1.00. The highest BCUT2D eigenvalue weighted by Crippen LogP contribution is 2.28. The zero-order valence-corrected chi connectivity index (χ0v) is 11.3. The average Bonchev–Trinajstić information content (AvgIpc) is 2.77. The van der Waals surface area contributed by atoms with E-state index in [4.69, 9.17) is 0 Å². The van der Waals surface area contributed by atoms with Crippen LogP contribution in [0.2, 0.25) is 0 Å². The van der Waals surface area contributed by atoms with Crippen molar-refractivity contribution in [3.8, 4) is 0 Å².